The van der Waals surface area contributed by atoms with Gasteiger partial charge in [-0.3, -0.25) is 0 Å². The quantitative estimate of drug-likeness (QED) is 0.561. The number of carbonyl (C=O) groups is 1. The second kappa shape index (κ2) is 5.79. The third-order valence-corrected chi connectivity index (χ3v) is 2.75. The molecular formula is C9H13NO4S. The van der Waals surface area contributed by atoms with Gasteiger partial charge in [-0.1, -0.05) is 0 Å². The topological polar surface area (TPSA) is 57.7 Å². The van der Waals surface area contributed by atoms with Gasteiger partial charge in [0.2, 0.25) is 0 Å². The minimum absolute atomic E-state index is 0.376. The summed E-state index contributed by atoms with van der Waals surface area (Å²) in [6.45, 7) is 0. The average Bonchev–Trinajstić information content (AvgIpc) is 2.72. The van der Waals surface area contributed by atoms with Crippen molar-refractivity contribution in [2.75, 3.05) is 21.3 Å². The number of hydrogen-bond donors (Lipinski definition) is 0. The van der Waals surface area contributed by atoms with E-state index >= 15 is 0 Å². The lowest BCUT2D eigenvalue weighted by molar-refractivity contribution is -0.101. The first-order chi connectivity index (χ1) is 7.22. The number of hydrogen-bond acceptors (Lipinski definition) is 6. The van der Waals surface area contributed by atoms with Crippen LogP contribution in [0.4, 0.5) is 0 Å². The molecule has 15 heavy (non-hydrogen) atoms. The second-order valence-electron chi connectivity index (χ2n) is 2.72. The van der Waals surface area contributed by atoms with Crippen molar-refractivity contribution in [2.24, 2.45) is 0 Å². The fraction of sp³-hybridized carbons (Fsp3) is 0.556. The Kier molecular flexibility index (Phi) is 4.67. The van der Waals surface area contributed by atoms with Crippen LogP contribution >= 0.6 is 11.3 Å². The maximum atomic E-state index is 11.3. The maximum absolute atomic E-state index is 11.3. The van der Waals surface area contributed by atoms with Crippen LogP contribution in [0.15, 0.2) is 5.51 Å². The van der Waals surface area contributed by atoms with Crippen molar-refractivity contribution in [1.29, 1.82) is 0 Å². The van der Waals surface area contributed by atoms with Gasteiger partial charge in [0.05, 0.1) is 18.3 Å². The van der Waals surface area contributed by atoms with Gasteiger partial charge >= 0.3 is 5.97 Å². The van der Waals surface area contributed by atoms with Gasteiger partial charge in [0.1, 0.15) is 4.88 Å². The summed E-state index contributed by atoms with van der Waals surface area (Å²) >= 11 is 1.25. The Morgan fingerprint density at radius 3 is 2.67 bits per heavy atom. The highest BCUT2D eigenvalue weighted by Gasteiger charge is 2.18. The Balaban J connectivity index is 2.76. The van der Waals surface area contributed by atoms with E-state index in [0.29, 0.717) is 17.0 Å². The van der Waals surface area contributed by atoms with E-state index in [0.717, 1.165) is 0 Å². The fourth-order valence-electron chi connectivity index (χ4n) is 1.09. The van der Waals surface area contributed by atoms with E-state index in [1.165, 1.54) is 18.4 Å². The maximum Gasteiger partial charge on any atom is 0.349 e. The number of rotatable bonds is 5. The molecule has 0 N–H and O–H groups in total. The number of ether oxygens (including phenoxy) is 3. The van der Waals surface area contributed by atoms with Crippen LogP contribution in [-0.4, -0.2) is 38.6 Å². The number of nitrogens with zero attached hydrogens (tertiary/aromatic N) is 1. The van der Waals surface area contributed by atoms with Crippen LogP contribution in [0.5, 0.6) is 0 Å². The Bertz CT molecular complexity index is 322. The molecule has 0 spiro atoms. The smallest absolute Gasteiger partial charge is 0.349 e. The molecule has 0 atom stereocenters. The number of aromatic nitrogens is 1. The summed E-state index contributed by atoms with van der Waals surface area (Å²) < 4.78 is 14.7. The molecular weight excluding hydrogens is 218 g/mol. The molecule has 0 radical (unpaired) electrons. The molecule has 0 fully saturated rings. The number of thiazole rings is 1. The van der Waals surface area contributed by atoms with E-state index in [4.69, 9.17) is 9.47 Å². The molecule has 6 heteroatoms. The van der Waals surface area contributed by atoms with Gasteiger partial charge in [0.25, 0.3) is 0 Å². The minimum atomic E-state index is -0.393. The molecule has 0 saturated carbocycles. The number of methoxy groups -OCH3 is 3. The van der Waals surface area contributed by atoms with Crippen molar-refractivity contribution in [1.82, 2.24) is 4.98 Å². The summed E-state index contributed by atoms with van der Waals surface area (Å²) in [5.41, 5.74) is 2.24. The summed E-state index contributed by atoms with van der Waals surface area (Å²) in [6, 6.07) is 0. The predicted molar refractivity (Wildman–Crippen MR) is 55.0 cm³/mol. The van der Waals surface area contributed by atoms with Crippen molar-refractivity contribution < 1.29 is 19.0 Å². The van der Waals surface area contributed by atoms with E-state index in [1.807, 2.05) is 0 Å². The van der Waals surface area contributed by atoms with Crippen LogP contribution in [0.3, 0.4) is 0 Å². The van der Waals surface area contributed by atoms with Gasteiger partial charge in [-0.25, -0.2) is 9.78 Å². The van der Waals surface area contributed by atoms with Crippen LogP contribution in [0.25, 0.3) is 0 Å². The van der Waals surface area contributed by atoms with Gasteiger partial charge in [-0.15, -0.1) is 11.3 Å². The van der Waals surface area contributed by atoms with Crippen LogP contribution in [0.1, 0.15) is 15.4 Å². The SMILES string of the molecule is COC(=O)c1scnc1CC(OC)OC. The van der Waals surface area contributed by atoms with Gasteiger partial charge < -0.3 is 14.2 Å². The van der Waals surface area contributed by atoms with E-state index < -0.39 is 6.29 Å². The summed E-state index contributed by atoms with van der Waals surface area (Å²) in [5.74, 6) is -0.376. The highest BCUT2D eigenvalue weighted by Crippen LogP contribution is 2.17. The summed E-state index contributed by atoms with van der Waals surface area (Å²) in [7, 11) is 4.42. The normalized spacial score (nSPS) is 10.7. The Hall–Kier alpha value is -0.980. The van der Waals surface area contributed by atoms with Gasteiger partial charge in [0, 0.05) is 20.6 Å². The van der Waals surface area contributed by atoms with E-state index in [9.17, 15) is 4.79 Å². The third kappa shape index (κ3) is 2.98. The zero-order chi connectivity index (χ0) is 11.3. The van der Waals surface area contributed by atoms with Crippen molar-refractivity contribution in [2.45, 2.75) is 12.7 Å². The fourth-order valence-corrected chi connectivity index (χ4v) is 1.83. The average molecular weight is 231 g/mol. The molecule has 0 amide bonds. The van der Waals surface area contributed by atoms with E-state index in [2.05, 4.69) is 9.72 Å². The van der Waals surface area contributed by atoms with Gasteiger partial charge in [-0.2, -0.15) is 0 Å². The Morgan fingerprint density at radius 2 is 2.13 bits per heavy atom. The van der Waals surface area contributed by atoms with Gasteiger partial charge in [0.15, 0.2) is 6.29 Å². The first-order valence-corrected chi connectivity index (χ1v) is 5.17. The molecule has 0 aliphatic heterocycles. The predicted octanol–water partition coefficient (Wildman–Crippen LogP) is 1.09. The molecule has 0 saturated heterocycles. The molecule has 1 aromatic heterocycles. The zero-order valence-corrected chi connectivity index (χ0v) is 9.67. The molecule has 0 unspecified atom stereocenters. The summed E-state index contributed by atoms with van der Waals surface area (Å²) in [4.78, 5) is 15.9. The first kappa shape index (κ1) is 12.1. The number of carbonyl (C=O) groups excluding carboxylic acids is 1. The zero-order valence-electron chi connectivity index (χ0n) is 8.85. The molecule has 0 aliphatic rings. The molecule has 0 bridgehead atoms. The minimum Gasteiger partial charge on any atom is -0.465 e. The molecule has 1 heterocycles. The summed E-state index contributed by atoms with van der Waals surface area (Å²) in [5, 5.41) is 0. The highest BCUT2D eigenvalue weighted by atomic mass is 32.1. The lowest BCUT2D eigenvalue weighted by Gasteiger charge is -2.11. The lowest BCUT2D eigenvalue weighted by atomic mass is 10.2. The van der Waals surface area contributed by atoms with Crippen molar-refractivity contribution in [3.8, 4) is 0 Å². The largest absolute Gasteiger partial charge is 0.465 e. The second-order valence-corrected chi connectivity index (χ2v) is 3.58. The van der Waals surface area contributed by atoms with Crippen LogP contribution < -0.4 is 0 Å². The molecule has 1 rings (SSSR count). The Morgan fingerprint density at radius 1 is 1.47 bits per heavy atom. The third-order valence-electron chi connectivity index (χ3n) is 1.90. The Labute approximate surface area is 92.0 Å². The molecule has 1 aromatic rings. The van der Waals surface area contributed by atoms with Crippen LogP contribution in [0, 0.1) is 0 Å². The standard InChI is InChI=1S/C9H13NO4S/c1-12-7(13-2)4-6-8(9(11)14-3)15-5-10-6/h5,7H,4H2,1-3H3. The molecule has 5 nitrogen and oxygen atoms in total. The molecule has 0 aromatic carbocycles. The van der Waals surface area contributed by atoms with Crippen molar-refractivity contribution in [3.05, 3.63) is 16.1 Å². The van der Waals surface area contributed by atoms with E-state index in [-0.39, 0.29) is 5.97 Å². The highest BCUT2D eigenvalue weighted by molar-refractivity contribution is 7.11. The van der Waals surface area contributed by atoms with E-state index in [1.54, 1.807) is 19.7 Å². The number of esters is 1. The monoisotopic (exact) mass is 231 g/mol. The molecule has 84 valence electrons. The summed E-state index contributed by atoms with van der Waals surface area (Å²) in [6.07, 6.45) is 0.0384. The van der Waals surface area contributed by atoms with Crippen molar-refractivity contribution in [3.63, 3.8) is 0 Å². The van der Waals surface area contributed by atoms with Gasteiger partial charge in [-0.05, 0) is 0 Å². The van der Waals surface area contributed by atoms with Crippen molar-refractivity contribution >= 4 is 17.3 Å². The lowest BCUT2D eigenvalue weighted by Crippen LogP contribution is -2.18. The van der Waals surface area contributed by atoms with Crippen LogP contribution in [-0.2, 0) is 20.6 Å². The first-order valence-electron chi connectivity index (χ1n) is 4.29. The van der Waals surface area contributed by atoms with Crippen LogP contribution in [0.2, 0.25) is 0 Å². The molecule has 0 aliphatic carbocycles.